The molecule has 0 aliphatic rings. The summed E-state index contributed by atoms with van der Waals surface area (Å²) in [7, 11) is 0. The van der Waals surface area contributed by atoms with E-state index in [1.165, 1.54) is 12.1 Å². The Balaban J connectivity index is 1.42. The lowest BCUT2D eigenvalue weighted by Gasteiger charge is -2.10. The molecule has 0 saturated heterocycles. The van der Waals surface area contributed by atoms with E-state index in [0.717, 1.165) is 12.1 Å². The Kier molecular flexibility index (Phi) is 7.85. The number of rotatable bonds is 9. The van der Waals surface area contributed by atoms with Crippen LogP contribution >= 0.6 is 0 Å². The van der Waals surface area contributed by atoms with Gasteiger partial charge in [0.15, 0.2) is 0 Å². The first kappa shape index (κ1) is 22.9. The summed E-state index contributed by atoms with van der Waals surface area (Å²) in [6.45, 7) is 0.337. The number of anilines is 1. The molecule has 3 aromatic carbocycles. The fraction of sp³-hybridized carbons (Fsp3) is 0.167. The van der Waals surface area contributed by atoms with Gasteiger partial charge in [-0.3, -0.25) is 9.59 Å². The second kappa shape index (κ2) is 11.0. The van der Waals surface area contributed by atoms with Gasteiger partial charge in [0.25, 0.3) is 5.91 Å². The molecular weight excluding hydrogens is 421 g/mol. The first-order valence-electron chi connectivity index (χ1n) is 9.91. The molecule has 0 radical (unpaired) electrons. The third kappa shape index (κ3) is 6.87. The summed E-state index contributed by atoms with van der Waals surface area (Å²) >= 11 is 0. The van der Waals surface area contributed by atoms with Crippen molar-refractivity contribution in [3.8, 4) is 5.75 Å². The molecule has 0 aliphatic carbocycles. The van der Waals surface area contributed by atoms with Crippen molar-refractivity contribution in [2.24, 2.45) is 0 Å². The number of nitrogens with one attached hydrogen (secondary N) is 2. The third-order valence-corrected chi connectivity index (χ3v) is 4.45. The van der Waals surface area contributed by atoms with Crippen molar-refractivity contribution in [1.82, 2.24) is 5.32 Å². The van der Waals surface area contributed by atoms with E-state index in [9.17, 15) is 22.8 Å². The van der Waals surface area contributed by atoms with Gasteiger partial charge in [0.05, 0.1) is 5.56 Å². The molecule has 0 atom stereocenters. The van der Waals surface area contributed by atoms with Gasteiger partial charge in [-0.2, -0.15) is 0 Å². The Hall–Kier alpha value is -3.81. The summed E-state index contributed by atoms with van der Waals surface area (Å²) in [6.07, 6.45) is 0.455. The SMILES string of the molecule is O=C(CCCNC(=O)c1ccc(F)cc1F)Nc1cccc(OCc2cccc(F)c2)c1. The molecule has 166 valence electrons. The zero-order chi connectivity index (χ0) is 22.9. The summed E-state index contributed by atoms with van der Waals surface area (Å²) in [6, 6.07) is 15.6. The first-order valence-corrected chi connectivity index (χ1v) is 9.91. The lowest BCUT2D eigenvalue weighted by molar-refractivity contribution is -0.116. The van der Waals surface area contributed by atoms with Crippen molar-refractivity contribution in [2.45, 2.75) is 19.4 Å². The van der Waals surface area contributed by atoms with Gasteiger partial charge in [-0.15, -0.1) is 0 Å². The van der Waals surface area contributed by atoms with Crippen LogP contribution < -0.4 is 15.4 Å². The first-order chi connectivity index (χ1) is 15.4. The molecule has 5 nitrogen and oxygen atoms in total. The predicted molar refractivity (Wildman–Crippen MR) is 114 cm³/mol. The smallest absolute Gasteiger partial charge is 0.254 e. The van der Waals surface area contributed by atoms with E-state index < -0.39 is 17.5 Å². The maximum atomic E-state index is 13.6. The Morgan fingerprint density at radius 2 is 1.66 bits per heavy atom. The van der Waals surface area contributed by atoms with Crippen LogP contribution in [0.2, 0.25) is 0 Å². The van der Waals surface area contributed by atoms with E-state index in [2.05, 4.69) is 10.6 Å². The van der Waals surface area contributed by atoms with Crippen LogP contribution in [-0.4, -0.2) is 18.4 Å². The molecule has 2 amide bonds. The molecule has 0 aliphatic heterocycles. The van der Waals surface area contributed by atoms with Gasteiger partial charge in [0, 0.05) is 30.8 Å². The van der Waals surface area contributed by atoms with E-state index in [-0.39, 0.29) is 36.9 Å². The van der Waals surface area contributed by atoms with Crippen molar-refractivity contribution in [2.75, 3.05) is 11.9 Å². The highest BCUT2D eigenvalue weighted by Gasteiger charge is 2.12. The van der Waals surface area contributed by atoms with Gasteiger partial charge in [-0.1, -0.05) is 18.2 Å². The molecule has 3 rings (SSSR count). The number of hydrogen-bond donors (Lipinski definition) is 2. The van der Waals surface area contributed by atoms with Crippen LogP contribution in [0.1, 0.15) is 28.8 Å². The van der Waals surface area contributed by atoms with Crippen LogP contribution in [0.25, 0.3) is 0 Å². The molecule has 0 unspecified atom stereocenters. The van der Waals surface area contributed by atoms with Gasteiger partial charge >= 0.3 is 0 Å². The largest absolute Gasteiger partial charge is 0.489 e. The van der Waals surface area contributed by atoms with E-state index in [4.69, 9.17) is 4.74 Å². The molecule has 0 spiro atoms. The number of amides is 2. The summed E-state index contributed by atoms with van der Waals surface area (Å²) in [4.78, 5) is 24.1. The van der Waals surface area contributed by atoms with Gasteiger partial charge in [-0.25, -0.2) is 13.2 Å². The summed E-state index contributed by atoms with van der Waals surface area (Å²) in [5, 5.41) is 5.23. The fourth-order valence-corrected chi connectivity index (χ4v) is 2.90. The second-order valence-electron chi connectivity index (χ2n) is 6.98. The lowest BCUT2D eigenvalue weighted by atomic mass is 10.2. The molecule has 8 heteroatoms. The van der Waals surface area contributed by atoms with Crippen LogP contribution in [0, 0.1) is 17.5 Å². The van der Waals surface area contributed by atoms with Crippen molar-refractivity contribution < 1.29 is 27.5 Å². The van der Waals surface area contributed by atoms with Crippen LogP contribution in [-0.2, 0) is 11.4 Å². The van der Waals surface area contributed by atoms with Crippen LogP contribution in [0.15, 0.2) is 66.7 Å². The van der Waals surface area contributed by atoms with Crippen molar-refractivity contribution in [3.05, 3.63) is 95.3 Å². The van der Waals surface area contributed by atoms with E-state index in [0.29, 0.717) is 29.5 Å². The topological polar surface area (TPSA) is 67.4 Å². The normalized spacial score (nSPS) is 10.5. The van der Waals surface area contributed by atoms with Gasteiger partial charge in [-0.05, 0) is 48.4 Å². The molecule has 0 aromatic heterocycles. The van der Waals surface area contributed by atoms with Crippen molar-refractivity contribution >= 4 is 17.5 Å². The maximum Gasteiger partial charge on any atom is 0.254 e. The maximum absolute atomic E-state index is 13.6. The highest BCUT2D eigenvalue weighted by molar-refractivity contribution is 5.94. The number of carbonyl (C=O) groups is 2. The van der Waals surface area contributed by atoms with E-state index >= 15 is 0 Å². The number of hydrogen-bond acceptors (Lipinski definition) is 3. The summed E-state index contributed by atoms with van der Waals surface area (Å²) < 4.78 is 45.4. The second-order valence-corrected chi connectivity index (χ2v) is 6.98. The highest BCUT2D eigenvalue weighted by Crippen LogP contribution is 2.19. The molecule has 3 aromatic rings. The number of halogens is 3. The monoisotopic (exact) mass is 442 g/mol. The van der Waals surface area contributed by atoms with E-state index in [1.807, 2.05) is 0 Å². The van der Waals surface area contributed by atoms with Crippen LogP contribution in [0.5, 0.6) is 5.75 Å². The zero-order valence-electron chi connectivity index (χ0n) is 17.0. The summed E-state index contributed by atoms with van der Waals surface area (Å²) in [5.41, 5.74) is 0.956. The van der Waals surface area contributed by atoms with Gasteiger partial charge in [0.2, 0.25) is 5.91 Å². The molecule has 0 heterocycles. The summed E-state index contributed by atoms with van der Waals surface area (Å²) in [5.74, 6) is -2.48. The highest BCUT2D eigenvalue weighted by atomic mass is 19.1. The Morgan fingerprint density at radius 1 is 0.875 bits per heavy atom. The van der Waals surface area contributed by atoms with Crippen molar-refractivity contribution in [1.29, 1.82) is 0 Å². The average Bonchev–Trinajstić information content (AvgIpc) is 2.75. The minimum Gasteiger partial charge on any atom is -0.489 e. The Morgan fingerprint density at radius 3 is 2.44 bits per heavy atom. The van der Waals surface area contributed by atoms with Crippen molar-refractivity contribution in [3.63, 3.8) is 0 Å². The standard InChI is InChI=1S/C24H21F3N2O3/c25-17-5-1-4-16(12-17)15-32-20-7-2-6-19(14-20)29-23(30)8-3-11-28-24(31)21-10-9-18(26)13-22(21)27/h1-2,4-7,9-10,12-14H,3,8,11,15H2,(H,28,31)(H,29,30). The minimum absolute atomic E-state index is 0.126. The average molecular weight is 442 g/mol. The minimum atomic E-state index is -0.945. The van der Waals surface area contributed by atoms with Gasteiger partial charge < -0.3 is 15.4 Å². The van der Waals surface area contributed by atoms with Gasteiger partial charge in [0.1, 0.15) is 29.8 Å². The Labute approximate surface area is 183 Å². The molecule has 2 N–H and O–H groups in total. The lowest BCUT2D eigenvalue weighted by Crippen LogP contribution is -2.26. The molecule has 0 bridgehead atoms. The quantitative estimate of drug-likeness (QED) is 0.467. The Bertz CT molecular complexity index is 1110. The fourth-order valence-electron chi connectivity index (χ4n) is 2.90. The van der Waals surface area contributed by atoms with Crippen LogP contribution in [0.4, 0.5) is 18.9 Å². The number of carbonyl (C=O) groups excluding carboxylic acids is 2. The molecule has 0 fully saturated rings. The predicted octanol–water partition coefficient (Wildman–Crippen LogP) is 4.83. The number of ether oxygens (including phenoxy) is 1. The molecule has 32 heavy (non-hydrogen) atoms. The zero-order valence-corrected chi connectivity index (χ0v) is 17.0. The molecule has 0 saturated carbocycles. The molecular formula is C24H21F3N2O3. The van der Waals surface area contributed by atoms with E-state index in [1.54, 1.807) is 36.4 Å². The van der Waals surface area contributed by atoms with Crippen LogP contribution in [0.3, 0.4) is 0 Å². The number of benzene rings is 3. The third-order valence-electron chi connectivity index (χ3n) is 4.45.